The molecule has 0 radical (unpaired) electrons. The van der Waals surface area contributed by atoms with Gasteiger partial charge in [-0.1, -0.05) is 41.5 Å². The molecule has 16 heavy (non-hydrogen) atoms. The third kappa shape index (κ3) is 7.24. The lowest BCUT2D eigenvalue weighted by Crippen LogP contribution is -2.23. The molecule has 0 spiro atoms. The summed E-state index contributed by atoms with van der Waals surface area (Å²) in [4.78, 5) is 0. The lowest BCUT2D eigenvalue weighted by molar-refractivity contribution is 0.150. The molecule has 0 aliphatic heterocycles. The molecule has 0 saturated heterocycles. The van der Waals surface area contributed by atoms with E-state index >= 15 is 0 Å². The number of rotatable bonds is 2. The van der Waals surface area contributed by atoms with Gasteiger partial charge in [-0.05, 0) is 50.4 Å². The second-order valence-corrected chi connectivity index (χ2v) is 4.60. The Balaban J connectivity index is 0. The van der Waals surface area contributed by atoms with E-state index in [2.05, 4.69) is 13.8 Å². The van der Waals surface area contributed by atoms with Crippen molar-refractivity contribution in [3.8, 4) is 0 Å². The van der Waals surface area contributed by atoms with E-state index in [1.165, 1.54) is 12.8 Å². The minimum Gasteiger partial charge on any atom is -0.247 e. The third-order valence-electron chi connectivity index (χ3n) is 3.41. The van der Waals surface area contributed by atoms with Gasteiger partial charge in [-0.2, -0.15) is 0 Å². The third-order valence-corrected chi connectivity index (χ3v) is 3.41. The highest BCUT2D eigenvalue weighted by Gasteiger charge is 2.26. The van der Waals surface area contributed by atoms with E-state index < -0.39 is 6.17 Å². The quantitative estimate of drug-likeness (QED) is 0.559. The second-order valence-electron chi connectivity index (χ2n) is 4.60. The van der Waals surface area contributed by atoms with Gasteiger partial charge >= 0.3 is 0 Å². The molecule has 0 amide bonds. The van der Waals surface area contributed by atoms with Gasteiger partial charge in [0.15, 0.2) is 0 Å². The number of hydrogen-bond donors (Lipinski definition) is 0. The minimum absolute atomic E-state index is 0.361. The predicted molar refractivity (Wildman–Crippen MR) is 73.6 cm³/mol. The van der Waals surface area contributed by atoms with Crippen LogP contribution in [0.5, 0.6) is 0 Å². The molecular formula is C15H33F. The van der Waals surface area contributed by atoms with Crippen LogP contribution in [0, 0.1) is 17.8 Å². The van der Waals surface area contributed by atoms with Gasteiger partial charge in [-0.25, -0.2) is 4.39 Å². The van der Waals surface area contributed by atoms with Crippen LogP contribution in [-0.2, 0) is 0 Å². The molecule has 1 heteroatoms. The molecule has 0 heterocycles. The first kappa shape index (κ1) is 18.3. The summed E-state index contributed by atoms with van der Waals surface area (Å²) in [6.45, 7) is 14.3. The van der Waals surface area contributed by atoms with E-state index in [0.29, 0.717) is 5.92 Å². The first-order valence-corrected chi connectivity index (χ1v) is 7.25. The van der Waals surface area contributed by atoms with Crippen molar-refractivity contribution in [1.29, 1.82) is 0 Å². The normalized spacial score (nSPS) is 26.1. The van der Waals surface area contributed by atoms with Crippen LogP contribution < -0.4 is 0 Å². The van der Waals surface area contributed by atoms with Crippen molar-refractivity contribution in [1.82, 2.24) is 0 Å². The van der Waals surface area contributed by atoms with Crippen LogP contribution in [0.3, 0.4) is 0 Å². The van der Waals surface area contributed by atoms with Gasteiger partial charge in [-0.15, -0.1) is 0 Å². The van der Waals surface area contributed by atoms with Crippen molar-refractivity contribution >= 4 is 0 Å². The van der Waals surface area contributed by atoms with Crippen LogP contribution in [0.4, 0.5) is 4.39 Å². The predicted octanol–water partition coefficient (Wildman–Crippen LogP) is 5.86. The summed E-state index contributed by atoms with van der Waals surface area (Å²) in [5.41, 5.74) is 0. The van der Waals surface area contributed by atoms with Crippen LogP contribution in [0.1, 0.15) is 74.1 Å². The fraction of sp³-hybridized carbons (Fsp3) is 1.00. The van der Waals surface area contributed by atoms with E-state index in [9.17, 15) is 4.39 Å². The Morgan fingerprint density at radius 2 is 1.06 bits per heavy atom. The van der Waals surface area contributed by atoms with Crippen molar-refractivity contribution in [3.05, 3.63) is 0 Å². The highest BCUT2D eigenvalue weighted by atomic mass is 19.1. The lowest BCUT2D eigenvalue weighted by Gasteiger charge is -2.31. The molecule has 1 aliphatic rings. The van der Waals surface area contributed by atoms with Crippen molar-refractivity contribution in [2.75, 3.05) is 0 Å². The van der Waals surface area contributed by atoms with Gasteiger partial charge in [-0.3, -0.25) is 0 Å². The highest BCUT2D eigenvalue weighted by Crippen LogP contribution is 2.35. The molecule has 0 bridgehead atoms. The molecule has 1 atom stereocenters. The van der Waals surface area contributed by atoms with Crippen LogP contribution in [0.15, 0.2) is 0 Å². The molecule has 0 aromatic heterocycles. The van der Waals surface area contributed by atoms with Crippen LogP contribution in [0.25, 0.3) is 0 Å². The molecular weight excluding hydrogens is 199 g/mol. The maximum Gasteiger partial charge on any atom is 0.100 e. The van der Waals surface area contributed by atoms with Gasteiger partial charge in [0.2, 0.25) is 0 Å². The van der Waals surface area contributed by atoms with E-state index in [-0.39, 0.29) is 0 Å². The zero-order valence-corrected chi connectivity index (χ0v) is 12.5. The number of hydrogen-bond acceptors (Lipinski definition) is 0. The Hall–Kier alpha value is -0.0700. The van der Waals surface area contributed by atoms with Crippen LogP contribution in [0.2, 0.25) is 0 Å². The smallest absolute Gasteiger partial charge is 0.100 e. The summed E-state index contributed by atoms with van der Waals surface area (Å²) in [6.07, 6.45) is 4.13. The van der Waals surface area contributed by atoms with Gasteiger partial charge in [0.05, 0.1) is 0 Å². The molecule has 1 rings (SSSR count). The first-order valence-electron chi connectivity index (χ1n) is 7.25. The molecule has 1 aliphatic carbocycles. The summed E-state index contributed by atoms with van der Waals surface area (Å²) >= 11 is 0. The van der Waals surface area contributed by atoms with Crippen molar-refractivity contribution in [2.24, 2.45) is 17.8 Å². The van der Waals surface area contributed by atoms with Crippen molar-refractivity contribution < 1.29 is 4.39 Å². The number of halogens is 1. The standard InChI is InChI=1S/C11H21F.2C2H6/c1-8(2)10-4-6-11(7-5-10)9(3)12;2*1-2/h8-11H,4-7H2,1-3H3;2*1-2H3. The van der Waals surface area contributed by atoms with E-state index in [4.69, 9.17) is 0 Å². The Kier molecular flexibility index (Phi) is 13.1. The summed E-state index contributed by atoms with van der Waals surface area (Å²) in [6, 6.07) is 0. The van der Waals surface area contributed by atoms with Gasteiger partial charge in [0.25, 0.3) is 0 Å². The summed E-state index contributed by atoms with van der Waals surface area (Å²) < 4.78 is 12.9. The maximum atomic E-state index is 12.9. The number of alkyl halides is 1. The fourth-order valence-electron chi connectivity index (χ4n) is 2.27. The van der Waals surface area contributed by atoms with E-state index in [1.54, 1.807) is 6.92 Å². The lowest BCUT2D eigenvalue weighted by atomic mass is 9.76. The van der Waals surface area contributed by atoms with Crippen LogP contribution in [-0.4, -0.2) is 6.17 Å². The van der Waals surface area contributed by atoms with E-state index in [0.717, 1.165) is 24.7 Å². The molecule has 1 saturated carbocycles. The topological polar surface area (TPSA) is 0 Å². The molecule has 0 aromatic rings. The first-order chi connectivity index (χ1) is 7.61. The average molecular weight is 232 g/mol. The molecule has 0 aromatic carbocycles. The average Bonchev–Trinajstić information content (AvgIpc) is 2.34. The zero-order chi connectivity index (χ0) is 13.1. The molecule has 0 nitrogen and oxygen atoms in total. The molecule has 1 fully saturated rings. The van der Waals surface area contributed by atoms with Crippen molar-refractivity contribution in [2.45, 2.75) is 80.3 Å². The minimum atomic E-state index is -0.585. The SMILES string of the molecule is CC.CC.CC(C)C1CCC(C(C)F)CC1. The van der Waals surface area contributed by atoms with Gasteiger partial charge < -0.3 is 0 Å². The second kappa shape index (κ2) is 11.4. The largest absolute Gasteiger partial charge is 0.247 e. The van der Waals surface area contributed by atoms with Gasteiger partial charge in [0.1, 0.15) is 6.17 Å². The fourth-order valence-corrected chi connectivity index (χ4v) is 2.27. The summed E-state index contributed by atoms with van der Waals surface area (Å²) in [7, 11) is 0. The zero-order valence-electron chi connectivity index (χ0n) is 12.5. The van der Waals surface area contributed by atoms with Crippen molar-refractivity contribution in [3.63, 3.8) is 0 Å². The Labute approximate surface area is 103 Å². The highest BCUT2D eigenvalue weighted by molar-refractivity contribution is 4.76. The Morgan fingerprint density at radius 3 is 1.31 bits per heavy atom. The Bertz CT molecular complexity index is 105. The van der Waals surface area contributed by atoms with Crippen LogP contribution >= 0.6 is 0 Å². The maximum absolute atomic E-state index is 12.9. The summed E-state index contributed by atoms with van der Waals surface area (Å²) in [5.74, 6) is 2.01. The Morgan fingerprint density at radius 1 is 0.750 bits per heavy atom. The molecule has 0 N–H and O–H groups in total. The van der Waals surface area contributed by atoms with Gasteiger partial charge in [0, 0.05) is 0 Å². The monoisotopic (exact) mass is 232 g/mol. The van der Waals surface area contributed by atoms with E-state index in [1.807, 2.05) is 27.7 Å². The molecule has 100 valence electrons. The summed E-state index contributed by atoms with van der Waals surface area (Å²) in [5, 5.41) is 0. The molecule has 1 unspecified atom stereocenters.